The zero-order valence-electron chi connectivity index (χ0n) is 20.8. The van der Waals surface area contributed by atoms with Gasteiger partial charge in [-0.3, -0.25) is 19.4 Å². The number of rotatable bonds is 8. The molecule has 34 heavy (non-hydrogen) atoms. The Bertz CT molecular complexity index is 1050. The summed E-state index contributed by atoms with van der Waals surface area (Å²) in [6.07, 6.45) is 1.19. The van der Waals surface area contributed by atoms with Gasteiger partial charge in [-0.05, 0) is 60.6 Å². The molecule has 1 unspecified atom stereocenters. The molecule has 3 rings (SSSR count). The third-order valence-electron chi connectivity index (χ3n) is 6.38. The van der Waals surface area contributed by atoms with Gasteiger partial charge in [-0.15, -0.1) is 0 Å². The molecule has 1 N–H and O–H groups in total. The van der Waals surface area contributed by atoms with Gasteiger partial charge in [0.2, 0.25) is 5.91 Å². The average molecular weight is 484 g/mol. The number of anilines is 2. The first kappa shape index (κ1) is 25.8. The van der Waals surface area contributed by atoms with E-state index in [9.17, 15) is 14.4 Å². The highest BCUT2D eigenvalue weighted by Crippen LogP contribution is 2.37. The standard InChI is InChI=1S/C27H34ClN3O3/c1-7-15-27(6)25(33)30(26(34)31(27)20-13-11-19(28)12-14-20)16-23(32)29-24-21(17(2)3)9-8-10-22(24)18(4)5/h8-14,17-18H,7,15-16H2,1-6H3,(H,29,32). The number of urea groups is 1. The summed E-state index contributed by atoms with van der Waals surface area (Å²) in [4.78, 5) is 42.6. The van der Waals surface area contributed by atoms with Gasteiger partial charge in [-0.2, -0.15) is 0 Å². The second-order valence-corrected chi connectivity index (χ2v) is 10.1. The summed E-state index contributed by atoms with van der Waals surface area (Å²) in [5.74, 6) is -0.353. The molecule has 0 radical (unpaired) electrons. The van der Waals surface area contributed by atoms with Crippen molar-refractivity contribution in [3.05, 3.63) is 58.6 Å². The lowest BCUT2D eigenvalue weighted by Gasteiger charge is -2.31. The second-order valence-electron chi connectivity index (χ2n) is 9.68. The molecular formula is C27H34ClN3O3. The van der Waals surface area contributed by atoms with Crippen molar-refractivity contribution in [3.63, 3.8) is 0 Å². The number of carbonyl (C=O) groups excluding carboxylic acids is 3. The highest BCUT2D eigenvalue weighted by Gasteiger charge is 2.54. The molecule has 7 heteroatoms. The van der Waals surface area contributed by atoms with E-state index in [2.05, 4.69) is 33.0 Å². The third kappa shape index (κ3) is 4.83. The van der Waals surface area contributed by atoms with Gasteiger partial charge in [-0.1, -0.05) is 70.8 Å². The zero-order chi connectivity index (χ0) is 25.2. The summed E-state index contributed by atoms with van der Waals surface area (Å²) in [5, 5.41) is 3.55. The van der Waals surface area contributed by atoms with Gasteiger partial charge in [0.25, 0.3) is 5.91 Å². The Morgan fingerprint density at radius 2 is 1.56 bits per heavy atom. The summed E-state index contributed by atoms with van der Waals surface area (Å²) in [7, 11) is 0. The molecule has 1 saturated heterocycles. The van der Waals surface area contributed by atoms with E-state index >= 15 is 0 Å². The molecule has 0 bridgehead atoms. The number of benzene rings is 2. The first-order valence-electron chi connectivity index (χ1n) is 11.9. The number of nitrogens with zero attached hydrogens (tertiary/aromatic N) is 2. The van der Waals surface area contributed by atoms with Crippen LogP contribution in [0, 0.1) is 0 Å². The smallest absolute Gasteiger partial charge is 0.324 e. The summed E-state index contributed by atoms with van der Waals surface area (Å²) in [6, 6.07) is 12.3. The maximum atomic E-state index is 13.5. The second kappa shape index (κ2) is 10.2. The van der Waals surface area contributed by atoms with Gasteiger partial charge in [0.05, 0.1) is 0 Å². The van der Waals surface area contributed by atoms with E-state index in [0.717, 1.165) is 21.7 Å². The van der Waals surface area contributed by atoms with Gasteiger partial charge in [0, 0.05) is 16.4 Å². The molecule has 1 heterocycles. The lowest BCUT2D eigenvalue weighted by atomic mass is 9.92. The molecule has 1 aliphatic rings. The average Bonchev–Trinajstić information content (AvgIpc) is 2.95. The predicted octanol–water partition coefficient (Wildman–Crippen LogP) is 6.55. The van der Waals surface area contributed by atoms with Crippen molar-refractivity contribution in [1.82, 2.24) is 4.90 Å². The molecule has 0 aliphatic carbocycles. The summed E-state index contributed by atoms with van der Waals surface area (Å²) < 4.78 is 0. The Kier molecular flexibility index (Phi) is 7.71. The first-order valence-corrected chi connectivity index (χ1v) is 12.2. The Labute approximate surface area is 207 Å². The molecule has 182 valence electrons. The van der Waals surface area contributed by atoms with Crippen LogP contribution in [0.2, 0.25) is 5.02 Å². The van der Waals surface area contributed by atoms with Crippen molar-refractivity contribution in [3.8, 4) is 0 Å². The van der Waals surface area contributed by atoms with E-state index in [0.29, 0.717) is 23.6 Å². The number of para-hydroxylation sites is 1. The Balaban J connectivity index is 1.91. The number of nitrogens with one attached hydrogen (secondary N) is 1. The lowest BCUT2D eigenvalue weighted by Crippen LogP contribution is -2.47. The fourth-order valence-electron chi connectivity index (χ4n) is 4.65. The van der Waals surface area contributed by atoms with Gasteiger partial charge in [0.15, 0.2) is 0 Å². The van der Waals surface area contributed by atoms with Crippen LogP contribution in [0.15, 0.2) is 42.5 Å². The monoisotopic (exact) mass is 483 g/mol. The maximum Gasteiger partial charge on any atom is 0.332 e. The van der Waals surface area contributed by atoms with Crippen molar-refractivity contribution in [2.24, 2.45) is 0 Å². The number of hydrogen-bond acceptors (Lipinski definition) is 3. The fourth-order valence-corrected chi connectivity index (χ4v) is 4.78. The molecule has 6 nitrogen and oxygen atoms in total. The van der Waals surface area contributed by atoms with Crippen LogP contribution in [0.4, 0.5) is 16.2 Å². The molecule has 0 spiro atoms. The minimum atomic E-state index is -1.07. The Morgan fingerprint density at radius 3 is 2.06 bits per heavy atom. The highest BCUT2D eigenvalue weighted by molar-refractivity contribution is 6.30. The number of carbonyl (C=O) groups is 3. The zero-order valence-corrected chi connectivity index (χ0v) is 21.6. The fraction of sp³-hybridized carbons (Fsp3) is 0.444. The number of hydrogen-bond donors (Lipinski definition) is 1. The van der Waals surface area contributed by atoms with Crippen molar-refractivity contribution in [1.29, 1.82) is 0 Å². The van der Waals surface area contributed by atoms with Crippen molar-refractivity contribution >= 4 is 40.8 Å². The maximum absolute atomic E-state index is 13.5. The number of amides is 4. The van der Waals surface area contributed by atoms with Gasteiger partial charge in [0.1, 0.15) is 12.1 Å². The van der Waals surface area contributed by atoms with E-state index in [-0.39, 0.29) is 24.3 Å². The Morgan fingerprint density at radius 1 is 1.00 bits per heavy atom. The van der Waals surface area contributed by atoms with Crippen LogP contribution >= 0.6 is 11.6 Å². The number of halogens is 1. The van der Waals surface area contributed by atoms with Crippen molar-refractivity contribution in [2.75, 3.05) is 16.8 Å². The van der Waals surface area contributed by atoms with Crippen LogP contribution in [0.5, 0.6) is 0 Å². The molecule has 1 fully saturated rings. The van der Waals surface area contributed by atoms with Crippen LogP contribution in [0.3, 0.4) is 0 Å². The van der Waals surface area contributed by atoms with Crippen LogP contribution in [-0.2, 0) is 9.59 Å². The van der Waals surface area contributed by atoms with E-state index < -0.39 is 17.5 Å². The van der Waals surface area contributed by atoms with E-state index in [1.54, 1.807) is 31.2 Å². The van der Waals surface area contributed by atoms with Gasteiger partial charge in [-0.25, -0.2) is 4.79 Å². The molecule has 0 saturated carbocycles. The van der Waals surface area contributed by atoms with Crippen LogP contribution in [0.25, 0.3) is 0 Å². The van der Waals surface area contributed by atoms with E-state index in [1.807, 2.05) is 25.1 Å². The molecule has 1 atom stereocenters. The van der Waals surface area contributed by atoms with Crippen LogP contribution in [-0.4, -0.2) is 34.8 Å². The van der Waals surface area contributed by atoms with Crippen molar-refractivity contribution < 1.29 is 14.4 Å². The minimum Gasteiger partial charge on any atom is -0.324 e. The minimum absolute atomic E-state index is 0.206. The lowest BCUT2D eigenvalue weighted by molar-refractivity contribution is -0.133. The topological polar surface area (TPSA) is 69.7 Å². The summed E-state index contributed by atoms with van der Waals surface area (Å²) >= 11 is 6.03. The van der Waals surface area contributed by atoms with Crippen molar-refractivity contribution in [2.45, 2.75) is 71.8 Å². The van der Waals surface area contributed by atoms with E-state index in [4.69, 9.17) is 11.6 Å². The molecule has 1 aliphatic heterocycles. The molecule has 2 aromatic rings. The normalized spacial score (nSPS) is 18.4. The quantitative estimate of drug-likeness (QED) is 0.432. The summed E-state index contributed by atoms with van der Waals surface area (Å²) in [5.41, 5.74) is 2.32. The van der Waals surface area contributed by atoms with E-state index in [1.165, 1.54) is 4.90 Å². The van der Waals surface area contributed by atoms with Crippen LogP contribution < -0.4 is 10.2 Å². The molecule has 0 aromatic heterocycles. The van der Waals surface area contributed by atoms with Crippen LogP contribution in [0.1, 0.15) is 77.3 Å². The SMILES string of the molecule is CCCC1(C)C(=O)N(CC(=O)Nc2c(C(C)C)cccc2C(C)C)C(=O)N1c1ccc(Cl)cc1. The Hall–Kier alpha value is -2.86. The first-order chi connectivity index (χ1) is 16.0. The largest absolute Gasteiger partial charge is 0.332 e. The third-order valence-corrected chi connectivity index (χ3v) is 6.63. The van der Waals surface area contributed by atoms with Gasteiger partial charge >= 0.3 is 6.03 Å². The molecular weight excluding hydrogens is 450 g/mol. The number of imide groups is 1. The molecule has 4 amide bonds. The van der Waals surface area contributed by atoms with Gasteiger partial charge < -0.3 is 5.32 Å². The summed E-state index contributed by atoms with van der Waals surface area (Å²) in [6.45, 7) is 11.7. The molecule has 2 aromatic carbocycles. The highest BCUT2D eigenvalue weighted by atomic mass is 35.5. The predicted molar refractivity (Wildman–Crippen MR) is 138 cm³/mol.